The van der Waals surface area contributed by atoms with Crippen molar-refractivity contribution in [1.29, 1.82) is 5.26 Å². The lowest BCUT2D eigenvalue weighted by atomic mass is 10.2. The number of halogens is 3. The van der Waals surface area contributed by atoms with Gasteiger partial charge in [-0.1, -0.05) is 23.2 Å². The number of hydrogen-bond acceptors (Lipinski definition) is 3. The summed E-state index contributed by atoms with van der Waals surface area (Å²) in [6, 6.07) is 9.69. The topological polar surface area (TPSA) is 65.8 Å². The predicted octanol–water partition coefficient (Wildman–Crippen LogP) is 4.27. The molecule has 1 aromatic heterocycles. The lowest BCUT2D eigenvalue weighted by Crippen LogP contribution is -2.12. The van der Waals surface area contributed by atoms with Crippen LogP contribution in [0.15, 0.2) is 34.8 Å². The van der Waals surface area contributed by atoms with Gasteiger partial charge in [-0.3, -0.25) is 4.79 Å². The monoisotopic (exact) mass is 369 g/mol. The van der Waals surface area contributed by atoms with E-state index < -0.39 is 0 Å². The molecule has 4 nitrogen and oxygen atoms in total. The maximum Gasteiger partial charge on any atom is 0.255 e. The van der Waals surface area contributed by atoms with Crippen molar-refractivity contribution in [2.24, 2.45) is 0 Å². The van der Waals surface area contributed by atoms with Crippen LogP contribution in [0, 0.1) is 11.3 Å². The Balaban J connectivity index is 2.26. The second-order valence-electron chi connectivity index (χ2n) is 3.76. The van der Waals surface area contributed by atoms with Gasteiger partial charge in [0.25, 0.3) is 5.91 Å². The summed E-state index contributed by atoms with van der Waals surface area (Å²) in [6.45, 7) is 0. The molecular formula is C13H6BrCl2N3O. The van der Waals surface area contributed by atoms with Gasteiger partial charge in [0.2, 0.25) is 0 Å². The lowest BCUT2D eigenvalue weighted by molar-refractivity contribution is 0.102. The molecule has 0 saturated heterocycles. The first-order valence-corrected chi connectivity index (χ1v) is 6.88. The van der Waals surface area contributed by atoms with E-state index in [0.717, 1.165) is 0 Å². The van der Waals surface area contributed by atoms with E-state index >= 15 is 0 Å². The number of nitrogens with one attached hydrogen (secondary N) is 1. The Morgan fingerprint density at radius 3 is 2.45 bits per heavy atom. The minimum atomic E-state index is -0.374. The van der Waals surface area contributed by atoms with Crippen LogP contribution in [0.3, 0.4) is 0 Å². The summed E-state index contributed by atoms with van der Waals surface area (Å²) >= 11 is 14.8. The van der Waals surface area contributed by atoms with Crippen LogP contribution in [-0.4, -0.2) is 10.9 Å². The van der Waals surface area contributed by atoms with Crippen LogP contribution in [0.25, 0.3) is 0 Å². The Hall–Kier alpha value is -1.61. The first kappa shape index (κ1) is 14.8. The molecule has 1 aromatic carbocycles. The van der Waals surface area contributed by atoms with E-state index in [0.29, 0.717) is 21.3 Å². The zero-order chi connectivity index (χ0) is 14.7. The smallest absolute Gasteiger partial charge is 0.255 e. The van der Waals surface area contributed by atoms with Crippen LogP contribution in [0.2, 0.25) is 10.3 Å². The fraction of sp³-hybridized carbons (Fsp3) is 0. The molecule has 7 heteroatoms. The minimum Gasteiger partial charge on any atom is -0.321 e. The van der Waals surface area contributed by atoms with Gasteiger partial charge in [-0.25, -0.2) is 4.98 Å². The van der Waals surface area contributed by atoms with Gasteiger partial charge >= 0.3 is 0 Å². The molecule has 0 aliphatic carbocycles. The number of benzene rings is 1. The van der Waals surface area contributed by atoms with Gasteiger partial charge in [-0.2, -0.15) is 5.26 Å². The van der Waals surface area contributed by atoms with Crippen molar-refractivity contribution in [3.8, 4) is 6.07 Å². The number of carbonyl (C=O) groups excluding carboxylic acids is 1. The molecule has 100 valence electrons. The van der Waals surface area contributed by atoms with Crippen molar-refractivity contribution >= 4 is 50.7 Å². The van der Waals surface area contributed by atoms with Gasteiger partial charge in [0, 0.05) is 10.0 Å². The SMILES string of the molecule is N#Cc1ccc(NC(=O)c2cc(Cl)nc(Cl)c2)c(Br)c1. The van der Waals surface area contributed by atoms with Crippen molar-refractivity contribution in [3.05, 3.63) is 56.2 Å². The van der Waals surface area contributed by atoms with Crippen LogP contribution in [0.4, 0.5) is 5.69 Å². The average Bonchev–Trinajstić information content (AvgIpc) is 2.39. The van der Waals surface area contributed by atoms with E-state index in [1.54, 1.807) is 18.2 Å². The molecule has 1 amide bonds. The molecule has 0 bridgehead atoms. The molecule has 2 aromatic rings. The Labute approximate surface area is 133 Å². The molecule has 1 heterocycles. The van der Waals surface area contributed by atoms with Crippen molar-refractivity contribution in [1.82, 2.24) is 4.98 Å². The molecule has 0 atom stereocenters. The predicted molar refractivity (Wildman–Crippen MR) is 81.1 cm³/mol. The van der Waals surface area contributed by atoms with Crippen molar-refractivity contribution in [2.45, 2.75) is 0 Å². The Morgan fingerprint density at radius 2 is 1.90 bits per heavy atom. The maximum absolute atomic E-state index is 12.1. The van der Waals surface area contributed by atoms with E-state index in [2.05, 4.69) is 26.2 Å². The normalized spacial score (nSPS) is 9.90. The van der Waals surface area contributed by atoms with E-state index in [9.17, 15) is 4.79 Å². The highest BCUT2D eigenvalue weighted by Crippen LogP contribution is 2.24. The third-order valence-corrected chi connectivity index (χ3v) is 3.41. The number of aromatic nitrogens is 1. The third-order valence-electron chi connectivity index (χ3n) is 2.37. The number of carbonyl (C=O) groups is 1. The fourth-order valence-corrected chi connectivity index (χ4v) is 2.41. The fourth-order valence-electron chi connectivity index (χ4n) is 1.48. The van der Waals surface area contributed by atoms with E-state index in [4.69, 9.17) is 28.5 Å². The van der Waals surface area contributed by atoms with Crippen LogP contribution >= 0.6 is 39.1 Å². The van der Waals surface area contributed by atoms with Crippen molar-refractivity contribution in [3.63, 3.8) is 0 Å². The molecule has 0 fully saturated rings. The summed E-state index contributed by atoms with van der Waals surface area (Å²) in [6.07, 6.45) is 0. The highest BCUT2D eigenvalue weighted by molar-refractivity contribution is 9.10. The number of anilines is 1. The maximum atomic E-state index is 12.1. The second-order valence-corrected chi connectivity index (χ2v) is 5.39. The molecule has 0 unspecified atom stereocenters. The summed E-state index contributed by atoms with van der Waals surface area (Å²) in [4.78, 5) is 15.9. The first-order valence-electron chi connectivity index (χ1n) is 5.33. The summed E-state index contributed by atoms with van der Waals surface area (Å²) < 4.78 is 0.608. The van der Waals surface area contributed by atoms with E-state index in [1.807, 2.05) is 6.07 Å². The minimum absolute atomic E-state index is 0.140. The molecule has 20 heavy (non-hydrogen) atoms. The summed E-state index contributed by atoms with van der Waals surface area (Å²) in [5.41, 5.74) is 1.33. The highest BCUT2D eigenvalue weighted by atomic mass is 79.9. The van der Waals surface area contributed by atoms with Crippen LogP contribution < -0.4 is 5.32 Å². The molecule has 1 N–H and O–H groups in total. The number of hydrogen-bond donors (Lipinski definition) is 1. The zero-order valence-electron chi connectivity index (χ0n) is 9.82. The average molecular weight is 371 g/mol. The van der Waals surface area contributed by atoms with Crippen molar-refractivity contribution in [2.75, 3.05) is 5.32 Å². The largest absolute Gasteiger partial charge is 0.321 e. The van der Waals surface area contributed by atoms with Gasteiger partial charge in [-0.15, -0.1) is 0 Å². The quantitative estimate of drug-likeness (QED) is 0.802. The van der Waals surface area contributed by atoms with Gasteiger partial charge in [0.05, 0.1) is 17.3 Å². The molecular weight excluding hydrogens is 365 g/mol. The number of pyridine rings is 1. The van der Waals surface area contributed by atoms with E-state index in [1.165, 1.54) is 12.1 Å². The van der Waals surface area contributed by atoms with Crippen molar-refractivity contribution < 1.29 is 4.79 Å². The Kier molecular flexibility index (Phi) is 4.61. The number of nitriles is 1. The molecule has 0 aliphatic rings. The van der Waals surface area contributed by atoms with E-state index in [-0.39, 0.29) is 16.2 Å². The molecule has 0 radical (unpaired) electrons. The van der Waals surface area contributed by atoms with Crippen LogP contribution in [0.1, 0.15) is 15.9 Å². The molecule has 0 saturated carbocycles. The third kappa shape index (κ3) is 3.48. The molecule has 0 aliphatic heterocycles. The summed E-state index contributed by atoms with van der Waals surface area (Å²) in [5.74, 6) is -0.374. The summed E-state index contributed by atoms with van der Waals surface area (Å²) in [5, 5.41) is 11.8. The highest BCUT2D eigenvalue weighted by Gasteiger charge is 2.11. The van der Waals surface area contributed by atoms with Gasteiger partial charge in [-0.05, 0) is 46.3 Å². The standard InChI is InChI=1S/C13H6BrCl2N3O/c14-9-3-7(6-17)1-2-10(9)18-13(20)8-4-11(15)19-12(16)5-8/h1-5H,(H,18,20). The van der Waals surface area contributed by atoms with Gasteiger partial charge < -0.3 is 5.32 Å². The number of amides is 1. The number of nitrogens with zero attached hydrogens (tertiary/aromatic N) is 2. The van der Waals surface area contributed by atoms with Gasteiger partial charge in [0.1, 0.15) is 10.3 Å². The Morgan fingerprint density at radius 1 is 1.25 bits per heavy atom. The van der Waals surface area contributed by atoms with Crippen LogP contribution in [-0.2, 0) is 0 Å². The van der Waals surface area contributed by atoms with Gasteiger partial charge in [0.15, 0.2) is 0 Å². The summed E-state index contributed by atoms with van der Waals surface area (Å²) in [7, 11) is 0. The lowest BCUT2D eigenvalue weighted by Gasteiger charge is -2.08. The zero-order valence-corrected chi connectivity index (χ0v) is 12.9. The first-order chi connectivity index (χ1) is 9.49. The Bertz CT molecular complexity index is 708. The molecule has 0 spiro atoms. The molecule has 2 rings (SSSR count). The number of rotatable bonds is 2. The second kappa shape index (κ2) is 6.23. The van der Waals surface area contributed by atoms with Crippen LogP contribution in [0.5, 0.6) is 0 Å².